The molecule has 5 nitrogen and oxygen atoms in total. The van der Waals surface area contributed by atoms with Gasteiger partial charge in [-0.2, -0.15) is 5.26 Å². The first-order valence-corrected chi connectivity index (χ1v) is 8.74. The third-order valence-corrected chi connectivity index (χ3v) is 6.15. The van der Waals surface area contributed by atoms with E-state index in [1.165, 1.54) is 35.6 Å². The average Bonchev–Trinajstić information content (AvgIpc) is 2.99. The van der Waals surface area contributed by atoms with Crippen LogP contribution in [0.1, 0.15) is 22.4 Å². The van der Waals surface area contributed by atoms with E-state index in [0.29, 0.717) is 16.3 Å². The molecule has 2 aromatic rings. The number of anilines is 2. The summed E-state index contributed by atoms with van der Waals surface area (Å²) in [7, 11) is -3.70. The third kappa shape index (κ3) is 2.48. The molecule has 3 rings (SSSR count). The number of thiophene rings is 1. The maximum Gasteiger partial charge on any atom is 0.262 e. The highest BCUT2D eigenvalue weighted by molar-refractivity contribution is 7.93. The average molecular weight is 319 g/mol. The largest absolute Gasteiger partial charge is 0.399 e. The summed E-state index contributed by atoms with van der Waals surface area (Å²) < 4.78 is 27.2. The molecular formula is C14H13N3O2S2. The zero-order valence-electron chi connectivity index (χ0n) is 11.1. The van der Waals surface area contributed by atoms with Gasteiger partial charge in [-0.1, -0.05) is 0 Å². The van der Waals surface area contributed by atoms with Crippen molar-refractivity contribution in [3.63, 3.8) is 0 Å². The highest BCUT2D eigenvalue weighted by Gasteiger charge is 2.25. The second-order valence-corrected chi connectivity index (χ2v) is 7.64. The van der Waals surface area contributed by atoms with Crippen molar-refractivity contribution in [3.05, 3.63) is 40.3 Å². The fourth-order valence-corrected chi connectivity index (χ4v) is 4.97. The van der Waals surface area contributed by atoms with Crippen LogP contribution < -0.4 is 10.5 Å². The van der Waals surface area contributed by atoms with Gasteiger partial charge in [0, 0.05) is 10.6 Å². The fraction of sp³-hybridized carbons (Fsp3) is 0.214. The number of nitrogens with zero attached hydrogens (tertiary/aromatic N) is 1. The Bertz CT molecular complexity index is 830. The van der Waals surface area contributed by atoms with Gasteiger partial charge in [0.15, 0.2) is 0 Å². The van der Waals surface area contributed by atoms with Gasteiger partial charge in [0.05, 0.1) is 10.5 Å². The molecule has 3 N–H and O–H groups in total. The molecule has 0 saturated carbocycles. The van der Waals surface area contributed by atoms with Crippen molar-refractivity contribution in [2.24, 2.45) is 0 Å². The maximum atomic E-state index is 12.4. The lowest BCUT2D eigenvalue weighted by atomic mass is 10.1. The number of nitrogen functional groups attached to an aromatic ring is 1. The first-order chi connectivity index (χ1) is 10.0. The zero-order valence-corrected chi connectivity index (χ0v) is 12.7. The van der Waals surface area contributed by atoms with Crippen LogP contribution in [0.4, 0.5) is 10.7 Å². The summed E-state index contributed by atoms with van der Waals surface area (Å²) in [6, 6.07) is 8.09. The number of nitrogens with one attached hydrogen (secondary N) is 1. The van der Waals surface area contributed by atoms with E-state index in [0.717, 1.165) is 29.7 Å². The van der Waals surface area contributed by atoms with Crippen LogP contribution in [0.15, 0.2) is 29.2 Å². The number of benzene rings is 1. The van der Waals surface area contributed by atoms with Gasteiger partial charge in [-0.3, -0.25) is 4.72 Å². The van der Waals surface area contributed by atoms with Crippen LogP contribution >= 0.6 is 11.3 Å². The molecule has 0 radical (unpaired) electrons. The molecule has 7 heteroatoms. The molecule has 1 heterocycles. The molecule has 1 aliphatic carbocycles. The van der Waals surface area contributed by atoms with E-state index in [1.807, 2.05) is 0 Å². The first-order valence-electron chi connectivity index (χ1n) is 6.44. The molecule has 0 amide bonds. The predicted molar refractivity (Wildman–Crippen MR) is 82.7 cm³/mol. The number of hydrogen-bond donors (Lipinski definition) is 2. The molecule has 0 spiro atoms. The van der Waals surface area contributed by atoms with E-state index in [2.05, 4.69) is 10.8 Å². The normalized spacial score (nSPS) is 13.7. The molecule has 108 valence electrons. The molecule has 0 saturated heterocycles. The summed E-state index contributed by atoms with van der Waals surface area (Å²) in [6.45, 7) is 0. The second-order valence-electron chi connectivity index (χ2n) is 4.85. The summed E-state index contributed by atoms with van der Waals surface area (Å²) >= 11 is 1.36. The van der Waals surface area contributed by atoms with Crippen LogP contribution in [0.3, 0.4) is 0 Å². The Morgan fingerprint density at radius 2 is 1.95 bits per heavy atom. The standard InChI is InChI=1S/C14H13N3O2S2/c15-8-12-11-2-1-3-13(11)20-14(12)17-21(18,19)10-6-4-9(16)5-7-10/h4-7,17H,1-3,16H2. The van der Waals surface area contributed by atoms with Crippen LogP contribution in [0.2, 0.25) is 0 Å². The lowest BCUT2D eigenvalue weighted by molar-refractivity contribution is 0.601. The molecule has 0 fully saturated rings. The quantitative estimate of drug-likeness (QED) is 0.850. The van der Waals surface area contributed by atoms with E-state index in [1.54, 1.807) is 0 Å². The smallest absolute Gasteiger partial charge is 0.262 e. The van der Waals surface area contributed by atoms with Gasteiger partial charge >= 0.3 is 0 Å². The lowest BCUT2D eigenvalue weighted by Crippen LogP contribution is -2.13. The zero-order chi connectivity index (χ0) is 15.0. The van der Waals surface area contributed by atoms with E-state index < -0.39 is 10.0 Å². The van der Waals surface area contributed by atoms with Crippen LogP contribution in [0, 0.1) is 11.3 Å². The molecule has 1 aliphatic rings. The Kier molecular flexibility index (Phi) is 3.35. The Morgan fingerprint density at radius 3 is 2.62 bits per heavy atom. The van der Waals surface area contributed by atoms with Crippen LogP contribution in [-0.4, -0.2) is 8.42 Å². The highest BCUT2D eigenvalue weighted by atomic mass is 32.2. The molecule has 0 bridgehead atoms. The van der Waals surface area contributed by atoms with Crippen molar-refractivity contribution in [2.75, 3.05) is 10.5 Å². The molecular weight excluding hydrogens is 306 g/mol. The number of sulfonamides is 1. The molecule has 0 atom stereocenters. The highest BCUT2D eigenvalue weighted by Crippen LogP contribution is 2.39. The van der Waals surface area contributed by atoms with Crippen molar-refractivity contribution >= 4 is 32.0 Å². The fourth-order valence-electron chi connectivity index (χ4n) is 2.42. The Morgan fingerprint density at radius 1 is 1.24 bits per heavy atom. The molecule has 0 unspecified atom stereocenters. The van der Waals surface area contributed by atoms with E-state index in [-0.39, 0.29) is 4.90 Å². The van der Waals surface area contributed by atoms with Crippen molar-refractivity contribution in [3.8, 4) is 6.07 Å². The SMILES string of the molecule is N#Cc1c(NS(=O)(=O)c2ccc(N)cc2)sc2c1CCC2. The second kappa shape index (κ2) is 5.06. The minimum absolute atomic E-state index is 0.133. The lowest BCUT2D eigenvalue weighted by Gasteiger charge is -2.07. The number of nitriles is 1. The molecule has 1 aromatic heterocycles. The van der Waals surface area contributed by atoms with Gasteiger partial charge in [0.25, 0.3) is 10.0 Å². The van der Waals surface area contributed by atoms with Gasteiger partial charge in [-0.25, -0.2) is 8.42 Å². The number of aryl methyl sites for hydroxylation is 1. The van der Waals surface area contributed by atoms with Crippen molar-refractivity contribution in [1.82, 2.24) is 0 Å². The number of rotatable bonds is 3. The minimum atomic E-state index is -3.70. The van der Waals surface area contributed by atoms with E-state index >= 15 is 0 Å². The number of nitrogens with two attached hydrogens (primary N) is 1. The Balaban J connectivity index is 1.97. The molecule has 1 aromatic carbocycles. The van der Waals surface area contributed by atoms with Gasteiger partial charge in [0.1, 0.15) is 11.1 Å². The number of hydrogen-bond acceptors (Lipinski definition) is 5. The predicted octanol–water partition coefficient (Wildman–Crippen LogP) is 2.49. The first kappa shape index (κ1) is 13.9. The minimum Gasteiger partial charge on any atom is -0.399 e. The van der Waals surface area contributed by atoms with Gasteiger partial charge in [-0.05, 0) is 49.1 Å². The summed E-state index contributed by atoms with van der Waals surface area (Å²) in [5, 5.41) is 9.70. The van der Waals surface area contributed by atoms with Gasteiger partial charge in [0.2, 0.25) is 0 Å². The molecule has 21 heavy (non-hydrogen) atoms. The summed E-state index contributed by atoms with van der Waals surface area (Å²) in [6.07, 6.45) is 2.79. The maximum absolute atomic E-state index is 12.4. The summed E-state index contributed by atoms with van der Waals surface area (Å²) in [5.41, 5.74) is 7.52. The van der Waals surface area contributed by atoms with Gasteiger partial charge < -0.3 is 5.73 Å². The monoisotopic (exact) mass is 319 g/mol. The topological polar surface area (TPSA) is 96.0 Å². The van der Waals surface area contributed by atoms with Crippen molar-refractivity contribution in [2.45, 2.75) is 24.2 Å². The van der Waals surface area contributed by atoms with Gasteiger partial charge in [-0.15, -0.1) is 11.3 Å². The third-order valence-electron chi connectivity index (χ3n) is 3.45. The summed E-state index contributed by atoms with van der Waals surface area (Å²) in [5.74, 6) is 0. The van der Waals surface area contributed by atoms with Crippen molar-refractivity contribution < 1.29 is 8.42 Å². The van der Waals surface area contributed by atoms with Crippen LogP contribution in [-0.2, 0) is 22.9 Å². The van der Waals surface area contributed by atoms with Crippen LogP contribution in [0.25, 0.3) is 0 Å². The van der Waals surface area contributed by atoms with Crippen molar-refractivity contribution in [1.29, 1.82) is 5.26 Å². The van der Waals surface area contributed by atoms with E-state index in [4.69, 9.17) is 5.73 Å². The number of fused-ring (bicyclic) bond motifs is 1. The van der Waals surface area contributed by atoms with Crippen LogP contribution in [0.5, 0.6) is 0 Å². The Labute approximate surface area is 127 Å². The summed E-state index contributed by atoms with van der Waals surface area (Å²) in [4.78, 5) is 1.25. The Hall–Kier alpha value is -2.04. The van der Waals surface area contributed by atoms with E-state index in [9.17, 15) is 13.7 Å². The molecule has 0 aliphatic heterocycles.